The first-order valence-corrected chi connectivity index (χ1v) is 7.32. The number of pyridine rings is 1. The van der Waals surface area contributed by atoms with E-state index in [9.17, 15) is 0 Å². The number of hydrogen-bond acceptors (Lipinski definition) is 1. The van der Waals surface area contributed by atoms with Crippen LogP contribution in [0, 0.1) is 0 Å². The van der Waals surface area contributed by atoms with Gasteiger partial charge in [-0.1, -0.05) is 43.7 Å². The molecule has 0 unspecified atom stereocenters. The minimum absolute atomic E-state index is 0.490. The lowest BCUT2D eigenvalue weighted by molar-refractivity contribution is 0.235. The normalized spacial score (nSPS) is 16.9. The third-order valence-electron chi connectivity index (χ3n) is 4.67. The van der Waals surface area contributed by atoms with Crippen molar-refractivity contribution in [1.29, 1.82) is 0 Å². The second-order valence-corrected chi connectivity index (χ2v) is 5.68. The molecular weight excluding hydrogens is 230 g/mol. The molecule has 2 aromatic rings. The summed E-state index contributed by atoms with van der Waals surface area (Å²) in [4.78, 5) is 4.39. The molecule has 0 amide bonds. The van der Waals surface area contributed by atoms with Gasteiger partial charge in [0.15, 0.2) is 0 Å². The highest BCUT2D eigenvalue weighted by molar-refractivity contribution is 5.32. The zero-order valence-corrected chi connectivity index (χ0v) is 11.6. The third-order valence-corrected chi connectivity index (χ3v) is 4.67. The van der Waals surface area contributed by atoms with Crippen LogP contribution in [0.2, 0.25) is 0 Å². The van der Waals surface area contributed by atoms with Gasteiger partial charge in [-0.2, -0.15) is 0 Å². The van der Waals surface area contributed by atoms with E-state index in [1.54, 1.807) is 0 Å². The molecule has 1 aromatic carbocycles. The second kappa shape index (κ2) is 5.16. The zero-order valence-electron chi connectivity index (χ0n) is 11.6. The Bertz CT molecular complexity index is 518. The smallest absolute Gasteiger partial charge is 0.0447 e. The van der Waals surface area contributed by atoms with E-state index in [1.807, 2.05) is 12.3 Å². The van der Waals surface area contributed by atoms with Crippen LogP contribution in [0.1, 0.15) is 49.4 Å². The Balaban J connectivity index is 1.76. The number of benzene rings is 1. The zero-order chi connectivity index (χ0) is 13.1. The van der Waals surface area contributed by atoms with E-state index >= 15 is 0 Å². The topological polar surface area (TPSA) is 12.9 Å². The summed E-state index contributed by atoms with van der Waals surface area (Å²) in [6.07, 6.45) is 8.19. The Hall–Kier alpha value is -1.63. The molecule has 0 atom stereocenters. The number of nitrogens with zero attached hydrogens (tertiary/aromatic N) is 1. The van der Waals surface area contributed by atoms with Gasteiger partial charge in [0.25, 0.3) is 0 Å². The fourth-order valence-corrected chi connectivity index (χ4v) is 3.14. The van der Waals surface area contributed by atoms with Gasteiger partial charge in [0, 0.05) is 18.3 Å². The first kappa shape index (κ1) is 12.4. The van der Waals surface area contributed by atoms with E-state index in [4.69, 9.17) is 0 Å². The van der Waals surface area contributed by atoms with E-state index in [1.165, 1.54) is 36.8 Å². The lowest BCUT2D eigenvalue weighted by Gasteiger charge is -2.42. The molecule has 0 N–H and O–H groups in total. The molecule has 1 heterocycles. The molecule has 1 heteroatoms. The van der Waals surface area contributed by atoms with E-state index < -0.39 is 0 Å². The van der Waals surface area contributed by atoms with Gasteiger partial charge in [-0.3, -0.25) is 4.98 Å². The van der Waals surface area contributed by atoms with Crippen molar-refractivity contribution in [1.82, 2.24) is 4.98 Å². The van der Waals surface area contributed by atoms with Crippen molar-refractivity contribution in [2.45, 2.75) is 44.4 Å². The quantitative estimate of drug-likeness (QED) is 0.779. The Labute approximate surface area is 115 Å². The van der Waals surface area contributed by atoms with Crippen LogP contribution < -0.4 is 0 Å². The predicted molar refractivity (Wildman–Crippen MR) is 79.3 cm³/mol. The van der Waals surface area contributed by atoms with Crippen LogP contribution in [-0.4, -0.2) is 4.98 Å². The van der Waals surface area contributed by atoms with E-state index in [0.717, 1.165) is 12.1 Å². The van der Waals surface area contributed by atoms with Crippen LogP contribution in [0.3, 0.4) is 0 Å². The van der Waals surface area contributed by atoms with E-state index in [2.05, 4.69) is 48.3 Å². The van der Waals surface area contributed by atoms with Crippen LogP contribution in [0.4, 0.5) is 0 Å². The van der Waals surface area contributed by atoms with E-state index in [-0.39, 0.29) is 0 Å². The lowest BCUT2D eigenvalue weighted by atomic mass is 9.63. The minimum atomic E-state index is 0.490. The van der Waals surface area contributed by atoms with Crippen molar-refractivity contribution < 1.29 is 0 Å². The molecule has 0 bridgehead atoms. The molecule has 19 heavy (non-hydrogen) atoms. The Morgan fingerprint density at radius 2 is 1.84 bits per heavy atom. The van der Waals surface area contributed by atoms with Crippen molar-refractivity contribution in [3.05, 3.63) is 65.5 Å². The Kier molecular flexibility index (Phi) is 3.37. The summed E-state index contributed by atoms with van der Waals surface area (Å²) >= 11 is 0. The van der Waals surface area contributed by atoms with Crippen molar-refractivity contribution in [3.63, 3.8) is 0 Å². The summed E-state index contributed by atoms with van der Waals surface area (Å²) in [7, 11) is 0. The van der Waals surface area contributed by atoms with Gasteiger partial charge in [0.05, 0.1) is 0 Å². The molecule has 1 fully saturated rings. The molecule has 1 nitrogen and oxygen atoms in total. The van der Waals surface area contributed by atoms with Crippen molar-refractivity contribution >= 4 is 0 Å². The highest BCUT2D eigenvalue weighted by atomic mass is 14.7. The largest absolute Gasteiger partial charge is 0.261 e. The number of hydrogen-bond donors (Lipinski definition) is 0. The predicted octanol–water partition coefficient (Wildman–Crippen LogP) is 4.50. The maximum atomic E-state index is 4.39. The molecular formula is C18H21N. The van der Waals surface area contributed by atoms with Crippen molar-refractivity contribution in [2.75, 3.05) is 0 Å². The summed E-state index contributed by atoms with van der Waals surface area (Å²) in [5.74, 6) is 0. The van der Waals surface area contributed by atoms with Gasteiger partial charge in [-0.05, 0) is 47.9 Å². The average molecular weight is 251 g/mol. The maximum Gasteiger partial charge on any atom is 0.0447 e. The molecule has 98 valence electrons. The van der Waals surface area contributed by atoms with Crippen molar-refractivity contribution in [3.8, 4) is 0 Å². The molecule has 0 spiro atoms. The maximum absolute atomic E-state index is 4.39. The summed E-state index contributed by atoms with van der Waals surface area (Å²) < 4.78 is 0. The van der Waals surface area contributed by atoms with Gasteiger partial charge in [0.2, 0.25) is 0 Å². The Morgan fingerprint density at radius 3 is 2.37 bits per heavy atom. The Morgan fingerprint density at radius 1 is 1.05 bits per heavy atom. The van der Waals surface area contributed by atoms with E-state index in [0.29, 0.717) is 5.41 Å². The third kappa shape index (κ3) is 2.42. The van der Waals surface area contributed by atoms with Crippen LogP contribution in [-0.2, 0) is 11.8 Å². The highest BCUT2D eigenvalue weighted by Gasteiger charge is 2.36. The van der Waals surface area contributed by atoms with Gasteiger partial charge in [-0.15, -0.1) is 0 Å². The van der Waals surface area contributed by atoms with Gasteiger partial charge in [-0.25, -0.2) is 0 Å². The first-order valence-electron chi connectivity index (χ1n) is 7.32. The fraction of sp³-hybridized carbons (Fsp3) is 0.389. The van der Waals surface area contributed by atoms with Gasteiger partial charge in [0.1, 0.15) is 0 Å². The molecule has 0 saturated heterocycles. The van der Waals surface area contributed by atoms with Gasteiger partial charge >= 0.3 is 0 Å². The lowest BCUT2D eigenvalue weighted by Crippen LogP contribution is -2.33. The number of aromatic nitrogens is 1. The minimum Gasteiger partial charge on any atom is -0.261 e. The summed E-state index contributed by atoms with van der Waals surface area (Å²) in [5, 5.41) is 0. The molecule has 1 saturated carbocycles. The highest BCUT2D eigenvalue weighted by Crippen LogP contribution is 2.46. The molecule has 0 radical (unpaired) electrons. The van der Waals surface area contributed by atoms with Gasteiger partial charge < -0.3 is 0 Å². The summed E-state index contributed by atoms with van der Waals surface area (Å²) in [6, 6.07) is 15.3. The second-order valence-electron chi connectivity index (χ2n) is 5.68. The van der Waals surface area contributed by atoms with Crippen LogP contribution in [0.5, 0.6) is 0 Å². The summed E-state index contributed by atoms with van der Waals surface area (Å²) in [6.45, 7) is 2.32. The van der Waals surface area contributed by atoms with Crippen LogP contribution in [0.15, 0.2) is 48.7 Å². The molecule has 3 rings (SSSR count). The SMILES string of the molecule is CCC1(c2ccc(Cc3ccccn3)cc2)CCC1. The molecule has 1 aromatic heterocycles. The van der Waals surface area contributed by atoms with Crippen LogP contribution >= 0.6 is 0 Å². The molecule has 1 aliphatic rings. The summed E-state index contributed by atoms with van der Waals surface area (Å²) in [5.41, 5.74) is 4.52. The fourth-order valence-electron chi connectivity index (χ4n) is 3.14. The molecule has 1 aliphatic carbocycles. The molecule has 0 aliphatic heterocycles. The average Bonchev–Trinajstić information content (AvgIpc) is 2.41. The first-order chi connectivity index (χ1) is 9.32. The standard InChI is InChI=1S/C18H21N/c1-2-18(11-5-12-18)16-9-7-15(8-10-16)14-17-6-3-4-13-19-17/h3-4,6-10,13H,2,5,11-12,14H2,1H3. The monoisotopic (exact) mass is 251 g/mol. The van der Waals surface area contributed by atoms with Crippen LogP contribution in [0.25, 0.3) is 0 Å². The van der Waals surface area contributed by atoms with Crippen molar-refractivity contribution in [2.24, 2.45) is 0 Å². The number of rotatable bonds is 4.